The van der Waals surface area contributed by atoms with Crippen LogP contribution in [0.2, 0.25) is 0 Å². The van der Waals surface area contributed by atoms with Crippen LogP contribution >= 0.6 is 0 Å². The van der Waals surface area contributed by atoms with E-state index in [1.807, 2.05) is 0 Å². The van der Waals surface area contributed by atoms with Gasteiger partial charge in [0.25, 0.3) is 0 Å². The van der Waals surface area contributed by atoms with E-state index in [1.165, 1.54) is 11.8 Å². The molecule has 6 rings (SSSR count). The smallest absolute Gasteiger partial charge is 0.0329 e. The first-order valence-corrected chi connectivity index (χ1v) is 12.9. The summed E-state index contributed by atoms with van der Waals surface area (Å²) in [6.07, 6.45) is 28.3. The molecule has 0 nitrogen and oxygen atoms in total. The zero-order valence-corrected chi connectivity index (χ0v) is 17.3. The number of hydrogen-bond donors (Lipinski definition) is 0. The molecular formula is C26H44. The molecule has 0 atom stereocenters. The molecule has 26 heavy (non-hydrogen) atoms. The molecule has 6 fully saturated rings. The maximum absolute atomic E-state index is 1.58. The van der Waals surface area contributed by atoms with Gasteiger partial charge in [-0.1, -0.05) is 116 Å². The molecule has 0 bridgehead atoms. The molecule has 0 radical (unpaired) electrons. The van der Waals surface area contributed by atoms with E-state index < -0.39 is 0 Å². The molecule has 0 saturated heterocycles. The van der Waals surface area contributed by atoms with Crippen molar-refractivity contribution in [3.05, 3.63) is 0 Å². The van der Waals surface area contributed by atoms with Crippen LogP contribution in [0.1, 0.15) is 116 Å². The zero-order chi connectivity index (χ0) is 17.3. The second kappa shape index (κ2) is 8.16. The van der Waals surface area contributed by atoms with E-state index >= 15 is 0 Å². The Kier molecular flexibility index (Phi) is 5.67. The van der Waals surface area contributed by atoms with Gasteiger partial charge in [0.15, 0.2) is 0 Å². The van der Waals surface area contributed by atoms with E-state index in [0.29, 0.717) is 0 Å². The van der Waals surface area contributed by atoms with Crippen LogP contribution < -0.4 is 0 Å². The molecule has 0 aliphatic heterocycles. The molecule has 6 saturated carbocycles. The minimum absolute atomic E-state index is 1.16. The van der Waals surface area contributed by atoms with Crippen LogP contribution in [0, 0.1) is 47.3 Å². The Morgan fingerprint density at radius 2 is 0.385 bits per heavy atom. The number of hydrogen-bond acceptors (Lipinski definition) is 0. The third kappa shape index (κ3) is 3.53. The lowest BCUT2D eigenvalue weighted by Gasteiger charge is -2.49. The summed E-state index contributed by atoms with van der Waals surface area (Å²) in [6, 6.07) is 0. The van der Waals surface area contributed by atoms with E-state index in [1.54, 1.807) is 116 Å². The van der Waals surface area contributed by atoms with Gasteiger partial charge in [-0.05, 0) is 47.3 Å². The van der Waals surface area contributed by atoms with Gasteiger partial charge in [-0.15, -0.1) is 0 Å². The standard InChI is InChI=1S/2C13H22/c2*1-4-10-6-2-8-12-9-3-7-11(5-1)13(10)12/h2*10-13H,1-9H2. The molecule has 0 unspecified atom stereocenters. The van der Waals surface area contributed by atoms with Gasteiger partial charge in [-0.3, -0.25) is 0 Å². The maximum Gasteiger partial charge on any atom is -0.0329 e. The Hall–Kier alpha value is 0. The van der Waals surface area contributed by atoms with Crippen LogP contribution in [0.15, 0.2) is 0 Å². The van der Waals surface area contributed by atoms with Crippen LogP contribution in [0.3, 0.4) is 0 Å². The topological polar surface area (TPSA) is 0 Å². The molecule has 0 aromatic carbocycles. The van der Waals surface area contributed by atoms with Gasteiger partial charge in [0.2, 0.25) is 0 Å². The lowest BCUT2D eigenvalue weighted by atomic mass is 9.56. The van der Waals surface area contributed by atoms with E-state index in [0.717, 1.165) is 35.5 Å². The predicted molar refractivity (Wildman–Crippen MR) is 111 cm³/mol. The molecule has 6 aliphatic rings. The summed E-state index contributed by atoms with van der Waals surface area (Å²) in [5, 5.41) is 0. The molecule has 0 spiro atoms. The van der Waals surface area contributed by atoms with Crippen molar-refractivity contribution in [2.45, 2.75) is 116 Å². The SMILES string of the molecule is C1CC2CCCC3CCCC(C1)C23.C1CC2CCCC3CCCC(C1)C23. The molecule has 0 N–H and O–H groups in total. The highest BCUT2D eigenvalue weighted by molar-refractivity contribution is 4.93. The molecule has 0 heteroatoms. The molecular weight excluding hydrogens is 312 g/mol. The lowest BCUT2D eigenvalue weighted by molar-refractivity contribution is 0.0123. The Labute approximate surface area is 163 Å². The molecule has 0 heterocycles. The van der Waals surface area contributed by atoms with Crippen LogP contribution in [0.4, 0.5) is 0 Å². The second-order valence-electron chi connectivity index (χ2n) is 11.3. The third-order valence-corrected chi connectivity index (χ3v) is 10.2. The van der Waals surface area contributed by atoms with Gasteiger partial charge in [0.1, 0.15) is 0 Å². The Morgan fingerprint density at radius 1 is 0.231 bits per heavy atom. The Bertz CT molecular complexity index is 320. The summed E-state index contributed by atoms with van der Waals surface area (Å²) >= 11 is 0. The van der Waals surface area contributed by atoms with Gasteiger partial charge in [0.05, 0.1) is 0 Å². The molecule has 148 valence electrons. The Morgan fingerprint density at radius 3 is 0.538 bits per heavy atom. The first-order chi connectivity index (χ1) is 12.9. The van der Waals surface area contributed by atoms with Crippen molar-refractivity contribution in [3.8, 4) is 0 Å². The van der Waals surface area contributed by atoms with Crippen molar-refractivity contribution in [2.75, 3.05) is 0 Å². The summed E-state index contributed by atoms with van der Waals surface area (Å²) in [5.74, 6) is 9.37. The van der Waals surface area contributed by atoms with Gasteiger partial charge >= 0.3 is 0 Å². The lowest BCUT2D eigenvalue weighted by Crippen LogP contribution is -2.39. The summed E-state index contributed by atoms with van der Waals surface area (Å²) in [7, 11) is 0. The van der Waals surface area contributed by atoms with Gasteiger partial charge in [0, 0.05) is 0 Å². The van der Waals surface area contributed by atoms with E-state index in [2.05, 4.69) is 0 Å². The fraction of sp³-hybridized carbons (Fsp3) is 1.00. The normalized spacial score (nSPS) is 49.8. The van der Waals surface area contributed by atoms with Gasteiger partial charge in [-0.2, -0.15) is 0 Å². The fourth-order valence-electron chi connectivity index (χ4n) is 9.34. The average Bonchev–Trinajstić information content (AvgIpc) is 2.70. The largest absolute Gasteiger partial charge is 0.0528 e. The van der Waals surface area contributed by atoms with E-state index in [4.69, 9.17) is 0 Å². The summed E-state index contributed by atoms with van der Waals surface area (Å²) < 4.78 is 0. The highest BCUT2D eigenvalue weighted by atomic mass is 14.5. The predicted octanol–water partition coefficient (Wildman–Crippen LogP) is 8.01. The van der Waals surface area contributed by atoms with Crippen molar-refractivity contribution in [1.29, 1.82) is 0 Å². The average molecular weight is 357 g/mol. The van der Waals surface area contributed by atoms with Crippen molar-refractivity contribution in [2.24, 2.45) is 47.3 Å². The summed E-state index contributed by atoms with van der Waals surface area (Å²) in [5.41, 5.74) is 0. The summed E-state index contributed by atoms with van der Waals surface area (Å²) in [4.78, 5) is 0. The quantitative estimate of drug-likeness (QED) is 0.412. The highest BCUT2D eigenvalue weighted by Gasteiger charge is 2.43. The van der Waals surface area contributed by atoms with Crippen molar-refractivity contribution < 1.29 is 0 Å². The van der Waals surface area contributed by atoms with Gasteiger partial charge < -0.3 is 0 Å². The molecule has 0 aromatic heterocycles. The summed E-state index contributed by atoms with van der Waals surface area (Å²) in [6.45, 7) is 0. The number of rotatable bonds is 0. The third-order valence-electron chi connectivity index (χ3n) is 10.2. The fourth-order valence-corrected chi connectivity index (χ4v) is 9.34. The minimum atomic E-state index is 1.16. The van der Waals surface area contributed by atoms with E-state index in [-0.39, 0.29) is 0 Å². The van der Waals surface area contributed by atoms with Crippen LogP contribution in [-0.4, -0.2) is 0 Å². The molecule has 0 amide bonds. The molecule has 0 aromatic rings. The Balaban J connectivity index is 0.000000115. The maximum atomic E-state index is 1.58. The van der Waals surface area contributed by atoms with Gasteiger partial charge in [-0.25, -0.2) is 0 Å². The van der Waals surface area contributed by atoms with E-state index in [9.17, 15) is 0 Å². The monoisotopic (exact) mass is 356 g/mol. The van der Waals surface area contributed by atoms with Crippen LogP contribution in [-0.2, 0) is 0 Å². The first kappa shape index (κ1) is 18.1. The van der Waals surface area contributed by atoms with Crippen molar-refractivity contribution in [1.82, 2.24) is 0 Å². The highest BCUT2D eigenvalue weighted by Crippen LogP contribution is 2.53. The van der Waals surface area contributed by atoms with Crippen LogP contribution in [0.5, 0.6) is 0 Å². The molecule has 6 aliphatic carbocycles. The first-order valence-electron chi connectivity index (χ1n) is 12.9. The zero-order valence-electron chi connectivity index (χ0n) is 17.3. The second-order valence-corrected chi connectivity index (χ2v) is 11.3. The van der Waals surface area contributed by atoms with Crippen LogP contribution in [0.25, 0.3) is 0 Å². The van der Waals surface area contributed by atoms with Crippen molar-refractivity contribution in [3.63, 3.8) is 0 Å². The minimum Gasteiger partial charge on any atom is -0.0528 e. The van der Waals surface area contributed by atoms with Crippen molar-refractivity contribution >= 4 is 0 Å².